The summed E-state index contributed by atoms with van der Waals surface area (Å²) < 4.78 is 29.2. The Hall–Kier alpha value is -2.95. The predicted octanol–water partition coefficient (Wildman–Crippen LogP) is 3.02. The van der Waals surface area contributed by atoms with Gasteiger partial charge in [0, 0.05) is 47.8 Å². The van der Waals surface area contributed by atoms with Gasteiger partial charge in [-0.05, 0) is 18.2 Å². The molecule has 0 spiro atoms. The smallest absolute Gasteiger partial charge is 0.227 e. The van der Waals surface area contributed by atoms with Crippen LogP contribution in [-0.4, -0.2) is 55.0 Å². The SMILES string of the molecule is COc1cc(S(C)(=O)=O)c(Cl)cc1Nc1nccc(-c2cnc3c(c2)C(C)(CO)CN3)n1. The van der Waals surface area contributed by atoms with E-state index in [1.54, 1.807) is 18.5 Å². The maximum atomic E-state index is 11.9. The summed E-state index contributed by atoms with van der Waals surface area (Å²) in [4.78, 5) is 13.2. The Morgan fingerprint density at radius 1 is 1.31 bits per heavy atom. The zero-order valence-electron chi connectivity index (χ0n) is 17.7. The number of ether oxygens (including phenoxy) is 1. The second-order valence-corrected chi connectivity index (χ2v) is 10.2. The van der Waals surface area contributed by atoms with Gasteiger partial charge in [-0.25, -0.2) is 23.4 Å². The average molecular weight is 476 g/mol. The molecule has 2 aromatic heterocycles. The van der Waals surface area contributed by atoms with Crippen LogP contribution in [0.15, 0.2) is 41.6 Å². The fourth-order valence-electron chi connectivity index (χ4n) is 3.51. The maximum absolute atomic E-state index is 11.9. The van der Waals surface area contributed by atoms with Gasteiger partial charge in [-0.3, -0.25) is 0 Å². The number of fused-ring (bicyclic) bond motifs is 1. The molecule has 1 atom stereocenters. The zero-order valence-corrected chi connectivity index (χ0v) is 19.3. The highest BCUT2D eigenvalue weighted by molar-refractivity contribution is 7.90. The number of nitrogens with zero attached hydrogens (tertiary/aromatic N) is 3. The van der Waals surface area contributed by atoms with Gasteiger partial charge in [-0.1, -0.05) is 18.5 Å². The zero-order chi connectivity index (χ0) is 23.1. The van der Waals surface area contributed by atoms with Crippen molar-refractivity contribution in [1.82, 2.24) is 15.0 Å². The van der Waals surface area contributed by atoms with Crippen LogP contribution in [0.3, 0.4) is 0 Å². The van der Waals surface area contributed by atoms with Crippen molar-refractivity contribution in [1.29, 1.82) is 0 Å². The number of benzene rings is 1. The van der Waals surface area contributed by atoms with Crippen LogP contribution in [0.1, 0.15) is 12.5 Å². The van der Waals surface area contributed by atoms with Gasteiger partial charge < -0.3 is 20.5 Å². The van der Waals surface area contributed by atoms with E-state index in [0.29, 0.717) is 17.9 Å². The van der Waals surface area contributed by atoms with Gasteiger partial charge in [0.05, 0.1) is 35.0 Å². The lowest BCUT2D eigenvalue weighted by Gasteiger charge is -2.20. The Morgan fingerprint density at radius 2 is 2.09 bits per heavy atom. The molecule has 1 unspecified atom stereocenters. The van der Waals surface area contributed by atoms with Crippen molar-refractivity contribution in [3.8, 4) is 17.0 Å². The summed E-state index contributed by atoms with van der Waals surface area (Å²) in [6, 6.07) is 6.53. The molecule has 0 aliphatic carbocycles. The lowest BCUT2D eigenvalue weighted by Crippen LogP contribution is -2.28. The molecule has 3 N–H and O–H groups in total. The molecule has 3 aromatic rings. The van der Waals surface area contributed by atoms with Crippen molar-refractivity contribution in [2.45, 2.75) is 17.2 Å². The molecule has 0 amide bonds. The van der Waals surface area contributed by atoms with E-state index in [2.05, 4.69) is 25.6 Å². The van der Waals surface area contributed by atoms with Gasteiger partial charge in [0.25, 0.3) is 0 Å². The van der Waals surface area contributed by atoms with Gasteiger partial charge in [-0.15, -0.1) is 0 Å². The third-order valence-electron chi connectivity index (χ3n) is 5.38. The van der Waals surface area contributed by atoms with Gasteiger partial charge in [0.1, 0.15) is 11.6 Å². The number of rotatable bonds is 6. The molecule has 0 radical (unpaired) electrons. The van der Waals surface area contributed by atoms with Gasteiger partial charge in [0.15, 0.2) is 9.84 Å². The fourth-order valence-corrected chi connectivity index (χ4v) is 4.82. The summed E-state index contributed by atoms with van der Waals surface area (Å²) in [6.45, 7) is 2.58. The van der Waals surface area contributed by atoms with Crippen LogP contribution < -0.4 is 15.4 Å². The minimum atomic E-state index is -3.52. The van der Waals surface area contributed by atoms with E-state index in [-0.39, 0.29) is 28.2 Å². The molecule has 1 aromatic carbocycles. The number of aromatic nitrogens is 3. The van der Waals surface area contributed by atoms with E-state index in [1.165, 1.54) is 19.2 Å². The average Bonchev–Trinajstić information content (AvgIpc) is 3.10. The van der Waals surface area contributed by atoms with Crippen LogP contribution >= 0.6 is 11.6 Å². The van der Waals surface area contributed by atoms with Crippen LogP contribution in [0.5, 0.6) is 5.75 Å². The fraction of sp³-hybridized carbons (Fsp3) is 0.286. The van der Waals surface area contributed by atoms with E-state index in [4.69, 9.17) is 16.3 Å². The molecule has 0 bridgehead atoms. The van der Waals surface area contributed by atoms with E-state index in [9.17, 15) is 13.5 Å². The Balaban J connectivity index is 1.69. The summed E-state index contributed by atoms with van der Waals surface area (Å²) >= 11 is 6.18. The third-order valence-corrected chi connectivity index (χ3v) is 6.95. The number of aliphatic hydroxyl groups is 1. The lowest BCUT2D eigenvalue weighted by atomic mass is 9.85. The van der Waals surface area contributed by atoms with Crippen LogP contribution in [0.2, 0.25) is 5.02 Å². The predicted molar refractivity (Wildman–Crippen MR) is 123 cm³/mol. The molecular weight excluding hydrogens is 454 g/mol. The first-order chi connectivity index (χ1) is 15.1. The molecule has 1 aliphatic rings. The number of aliphatic hydroxyl groups excluding tert-OH is 1. The first-order valence-electron chi connectivity index (χ1n) is 9.68. The van der Waals surface area contributed by atoms with Crippen LogP contribution in [-0.2, 0) is 15.3 Å². The largest absolute Gasteiger partial charge is 0.495 e. The molecule has 168 valence electrons. The quantitative estimate of drug-likeness (QED) is 0.493. The van der Waals surface area contributed by atoms with Crippen molar-refractivity contribution in [2.24, 2.45) is 0 Å². The number of anilines is 3. The molecule has 1 aliphatic heterocycles. The monoisotopic (exact) mass is 475 g/mol. The third kappa shape index (κ3) is 4.08. The molecule has 3 heterocycles. The Bertz CT molecular complexity index is 1300. The van der Waals surface area contributed by atoms with E-state index in [1.807, 2.05) is 13.0 Å². The molecule has 11 heteroatoms. The molecule has 32 heavy (non-hydrogen) atoms. The highest BCUT2D eigenvalue weighted by Crippen LogP contribution is 2.38. The second kappa shape index (κ2) is 8.19. The van der Waals surface area contributed by atoms with Gasteiger partial charge in [0.2, 0.25) is 5.95 Å². The van der Waals surface area contributed by atoms with Crippen molar-refractivity contribution in [3.63, 3.8) is 0 Å². The normalized spacial score (nSPS) is 17.5. The summed E-state index contributed by atoms with van der Waals surface area (Å²) in [5.41, 5.74) is 2.33. The summed E-state index contributed by atoms with van der Waals surface area (Å²) in [5, 5.41) is 16.1. The molecule has 0 fully saturated rings. The van der Waals surface area contributed by atoms with Crippen molar-refractivity contribution >= 4 is 38.9 Å². The molecular formula is C21H22ClN5O4S. The number of hydrogen-bond donors (Lipinski definition) is 3. The number of hydrogen-bond acceptors (Lipinski definition) is 9. The number of pyridine rings is 1. The van der Waals surface area contributed by atoms with Crippen LogP contribution in [0.25, 0.3) is 11.3 Å². The first kappa shape index (κ1) is 22.3. The topological polar surface area (TPSA) is 126 Å². The first-order valence-corrected chi connectivity index (χ1v) is 11.9. The van der Waals surface area contributed by atoms with E-state index in [0.717, 1.165) is 23.2 Å². The van der Waals surface area contributed by atoms with Crippen LogP contribution in [0.4, 0.5) is 17.5 Å². The Labute approximate surface area is 190 Å². The standard InChI is InChI=1S/C21H22ClN5O4S/c1-21(11-28)10-25-19-13(21)6-12(9-24-19)15-4-5-23-20(26-15)27-16-7-14(22)18(32(3,29)30)8-17(16)31-2/h4-9,28H,10-11H2,1-3H3,(H,24,25)(H,23,26,27). The summed E-state index contributed by atoms with van der Waals surface area (Å²) in [6.07, 6.45) is 4.38. The number of nitrogens with one attached hydrogen (secondary N) is 2. The molecule has 0 saturated carbocycles. The minimum absolute atomic E-state index is 0.00125. The van der Waals surface area contributed by atoms with Crippen molar-refractivity contribution < 1.29 is 18.3 Å². The Kier molecular flexibility index (Phi) is 5.70. The molecule has 9 nitrogen and oxygen atoms in total. The molecule has 4 rings (SSSR count). The van der Waals surface area contributed by atoms with Crippen LogP contribution in [0, 0.1) is 0 Å². The highest BCUT2D eigenvalue weighted by atomic mass is 35.5. The van der Waals surface area contributed by atoms with Crippen molar-refractivity contribution in [2.75, 3.05) is 37.2 Å². The minimum Gasteiger partial charge on any atom is -0.495 e. The number of sulfone groups is 1. The van der Waals surface area contributed by atoms with Crippen molar-refractivity contribution in [3.05, 3.63) is 47.2 Å². The van der Waals surface area contributed by atoms with Gasteiger partial charge in [-0.2, -0.15) is 0 Å². The van der Waals surface area contributed by atoms with E-state index >= 15 is 0 Å². The maximum Gasteiger partial charge on any atom is 0.227 e. The highest BCUT2D eigenvalue weighted by Gasteiger charge is 2.35. The lowest BCUT2D eigenvalue weighted by molar-refractivity contribution is 0.218. The van der Waals surface area contributed by atoms with Gasteiger partial charge >= 0.3 is 0 Å². The number of halogens is 1. The number of methoxy groups -OCH3 is 1. The summed E-state index contributed by atoms with van der Waals surface area (Å²) in [7, 11) is -2.09. The Morgan fingerprint density at radius 3 is 2.78 bits per heavy atom. The summed E-state index contributed by atoms with van der Waals surface area (Å²) in [5.74, 6) is 1.31. The molecule has 0 saturated heterocycles. The second-order valence-electron chi connectivity index (χ2n) is 7.84. The van der Waals surface area contributed by atoms with E-state index < -0.39 is 15.3 Å².